The second-order valence-corrected chi connectivity index (χ2v) is 4.01. The van der Waals surface area contributed by atoms with Crippen LogP contribution in [0.4, 0.5) is 13.2 Å². The first-order valence-corrected chi connectivity index (χ1v) is 5.63. The first-order chi connectivity index (χ1) is 9.40. The highest BCUT2D eigenvalue weighted by molar-refractivity contribution is 5.88. The van der Waals surface area contributed by atoms with Crippen LogP contribution < -0.4 is 21.5 Å². The third-order valence-electron chi connectivity index (χ3n) is 2.59. The van der Waals surface area contributed by atoms with Gasteiger partial charge in [-0.25, -0.2) is 4.79 Å². The van der Waals surface area contributed by atoms with Crippen LogP contribution in [0.5, 0.6) is 0 Å². The highest BCUT2D eigenvalue weighted by atomic mass is 79.9. The van der Waals surface area contributed by atoms with E-state index in [4.69, 9.17) is 4.42 Å². The summed E-state index contributed by atoms with van der Waals surface area (Å²) in [5.41, 5.74) is 0.360. The van der Waals surface area contributed by atoms with Gasteiger partial charge in [-0.3, -0.25) is 0 Å². The van der Waals surface area contributed by atoms with Gasteiger partial charge in [0, 0.05) is 12.1 Å². The SMILES string of the molecule is COC(=O)c1cc[n+](Cc2ccc(C(F)(F)F)o2)cc1.[Br-]. The summed E-state index contributed by atoms with van der Waals surface area (Å²) in [5.74, 6) is -1.33. The highest BCUT2D eigenvalue weighted by Crippen LogP contribution is 2.30. The minimum atomic E-state index is -4.49. The zero-order chi connectivity index (χ0) is 14.8. The zero-order valence-electron chi connectivity index (χ0n) is 10.9. The van der Waals surface area contributed by atoms with Crippen molar-refractivity contribution in [2.45, 2.75) is 12.7 Å². The van der Waals surface area contributed by atoms with Crippen molar-refractivity contribution in [1.82, 2.24) is 0 Å². The van der Waals surface area contributed by atoms with Crippen LogP contribution in [0, 0.1) is 0 Å². The monoisotopic (exact) mass is 365 g/mol. The lowest BCUT2D eigenvalue weighted by molar-refractivity contribution is -0.690. The standard InChI is InChI=1S/C13H11F3NO3.BrH/c1-19-12(18)9-4-6-17(7-5-9)8-10-2-3-11(20-10)13(14,15)16;/h2-7H,8H2,1H3;1H/q+1;/p-1. The van der Waals surface area contributed by atoms with Crippen LogP contribution in [0.15, 0.2) is 41.1 Å². The van der Waals surface area contributed by atoms with E-state index in [1.807, 2.05) is 0 Å². The maximum absolute atomic E-state index is 12.4. The first-order valence-electron chi connectivity index (χ1n) is 5.63. The molecule has 2 rings (SSSR count). The Morgan fingerprint density at radius 2 is 1.86 bits per heavy atom. The minimum Gasteiger partial charge on any atom is -1.00 e. The van der Waals surface area contributed by atoms with Crippen molar-refractivity contribution in [2.24, 2.45) is 0 Å². The normalized spacial score (nSPS) is 10.9. The highest BCUT2D eigenvalue weighted by Gasteiger charge is 2.35. The van der Waals surface area contributed by atoms with E-state index in [-0.39, 0.29) is 29.3 Å². The number of aromatic nitrogens is 1. The fraction of sp³-hybridized carbons (Fsp3) is 0.231. The van der Waals surface area contributed by atoms with E-state index < -0.39 is 17.9 Å². The molecule has 0 saturated heterocycles. The van der Waals surface area contributed by atoms with E-state index in [1.54, 1.807) is 17.0 Å². The molecule has 0 amide bonds. The molecule has 0 atom stereocenters. The smallest absolute Gasteiger partial charge is 0.449 e. The van der Waals surface area contributed by atoms with Crippen LogP contribution in [0.1, 0.15) is 21.9 Å². The first kappa shape index (κ1) is 17.2. The summed E-state index contributed by atoms with van der Waals surface area (Å²) in [6, 6.07) is 5.18. The Morgan fingerprint density at radius 1 is 1.24 bits per heavy atom. The van der Waals surface area contributed by atoms with Crippen LogP contribution in [0.3, 0.4) is 0 Å². The average Bonchev–Trinajstić information content (AvgIpc) is 2.87. The number of carbonyl (C=O) groups is 1. The van der Waals surface area contributed by atoms with E-state index in [0.717, 1.165) is 6.07 Å². The molecule has 114 valence electrons. The zero-order valence-corrected chi connectivity index (χ0v) is 12.4. The molecule has 0 aliphatic rings. The number of esters is 1. The Hall–Kier alpha value is -1.83. The molecule has 21 heavy (non-hydrogen) atoms. The number of nitrogens with zero attached hydrogens (tertiary/aromatic N) is 1. The lowest BCUT2D eigenvalue weighted by atomic mass is 10.3. The summed E-state index contributed by atoms with van der Waals surface area (Å²) in [6.45, 7) is 0.136. The van der Waals surface area contributed by atoms with E-state index in [0.29, 0.717) is 5.56 Å². The van der Waals surface area contributed by atoms with Crippen LogP contribution >= 0.6 is 0 Å². The van der Waals surface area contributed by atoms with Crippen molar-refractivity contribution in [2.75, 3.05) is 7.11 Å². The van der Waals surface area contributed by atoms with Gasteiger partial charge in [-0.2, -0.15) is 17.7 Å². The number of alkyl halides is 3. The van der Waals surface area contributed by atoms with E-state index in [2.05, 4.69) is 4.74 Å². The van der Waals surface area contributed by atoms with Gasteiger partial charge in [0.15, 0.2) is 18.2 Å². The molecular formula is C13H11BrF3NO3. The minimum absolute atomic E-state index is 0. The molecule has 0 radical (unpaired) electrons. The van der Waals surface area contributed by atoms with E-state index in [9.17, 15) is 18.0 Å². The lowest BCUT2D eigenvalue weighted by Crippen LogP contribution is -3.00. The van der Waals surface area contributed by atoms with Crippen molar-refractivity contribution >= 4 is 5.97 Å². The van der Waals surface area contributed by atoms with E-state index >= 15 is 0 Å². The molecule has 0 bridgehead atoms. The Balaban J connectivity index is 0.00000220. The molecule has 2 aromatic heterocycles. The van der Waals surface area contributed by atoms with Crippen molar-refractivity contribution in [3.8, 4) is 0 Å². The van der Waals surface area contributed by atoms with Gasteiger partial charge >= 0.3 is 12.1 Å². The molecule has 0 aromatic carbocycles. The number of halogens is 4. The molecule has 0 spiro atoms. The number of rotatable bonds is 3. The summed E-state index contributed by atoms with van der Waals surface area (Å²) in [5, 5.41) is 0. The molecule has 0 aliphatic carbocycles. The van der Waals surface area contributed by atoms with Crippen LogP contribution in [-0.2, 0) is 17.5 Å². The molecule has 2 heterocycles. The third kappa shape index (κ3) is 4.32. The topological polar surface area (TPSA) is 43.3 Å². The quantitative estimate of drug-likeness (QED) is 0.540. The second-order valence-electron chi connectivity index (χ2n) is 4.01. The molecule has 0 unspecified atom stereocenters. The Labute approximate surface area is 128 Å². The van der Waals surface area contributed by atoms with Gasteiger partial charge in [-0.15, -0.1) is 0 Å². The van der Waals surface area contributed by atoms with Crippen LogP contribution in [0.25, 0.3) is 0 Å². The Morgan fingerprint density at radius 3 is 2.33 bits per heavy atom. The summed E-state index contributed by atoms with van der Waals surface area (Å²) in [7, 11) is 1.27. The molecule has 0 aliphatic heterocycles. The van der Waals surface area contributed by atoms with Gasteiger partial charge < -0.3 is 26.1 Å². The molecular weight excluding hydrogens is 355 g/mol. The fourth-order valence-electron chi connectivity index (χ4n) is 1.61. The van der Waals surface area contributed by atoms with Crippen LogP contribution in [0.2, 0.25) is 0 Å². The number of hydrogen-bond acceptors (Lipinski definition) is 3. The largest absolute Gasteiger partial charge is 1.00 e. The number of methoxy groups -OCH3 is 1. The molecule has 0 saturated carbocycles. The summed E-state index contributed by atoms with van der Waals surface area (Å²) in [4.78, 5) is 11.2. The van der Waals surface area contributed by atoms with Gasteiger partial charge in [0.25, 0.3) is 0 Å². The second kappa shape index (κ2) is 6.75. The summed E-state index contributed by atoms with van der Waals surface area (Å²) < 4.78 is 48.0. The van der Waals surface area contributed by atoms with Crippen molar-refractivity contribution in [3.05, 3.63) is 53.7 Å². The van der Waals surface area contributed by atoms with Crippen molar-refractivity contribution < 1.29 is 48.7 Å². The number of carbonyl (C=O) groups excluding carboxylic acids is 1. The molecule has 0 N–H and O–H groups in total. The van der Waals surface area contributed by atoms with E-state index in [1.165, 1.54) is 25.3 Å². The predicted octanol–water partition coefficient (Wildman–Crippen LogP) is -0.575. The molecule has 0 fully saturated rings. The van der Waals surface area contributed by atoms with Gasteiger partial charge in [-0.05, 0) is 12.1 Å². The Bertz CT molecular complexity index is 608. The maximum Gasteiger partial charge on any atom is 0.449 e. The van der Waals surface area contributed by atoms with Gasteiger partial charge in [0.1, 0.15) is 0 Å². The van der Waals surface area contributed by atoms with Gasteiger partial charge in [0.2, 0.25) is 12.3 Å². The summed E-state index contributed by atoms with van der Waals surface area (Å²) >= 11 is 0. The number of pyridine rings is 1. The predicted molar refractivity (Wildman–Crippen MR) is 60.8 cm³/mol. The number of furan rings is 1. The lowest BCUT2D eigenvalue weighted by Gasteiger charge is -2.00. The van der Waals surface area contributed by atoms with Gasteiger partial charge in [-0.1, -0.05) is 0 Å². The maximum atomic E-state index is 12.4. The number of hydrogen-bond donors (Lipinski definition) is 0. The molecule has 8 heteroatoms. The summed E-state index contributed by atoms with van der Waals surface area (Å²) in [6.07, 6.45) is -1.37. The Kier molecular flexibility index (Phi) is 5.54. The average molecular weight is 366 g/mol. The fourth-order valence-corrected chi connectivity index (χ4v) is 1.61. The van der Waals surface area contributed by atoms with Crippen molar-refractivity contribution in [1.29, 1.82) is 0 Å². The van der Waals surface area contributed by atoms with Gasteiger partial charge in [0.05, 0.1) is 12.7 Å². The van der Waals surface area contributed by atoms with Crippen molar-refractivity contribution in [3.63, 3.8) is 0 Å². The number of ether oxygens (including phenoxy) is 1. The molecule has 4 nitrogen and oxygen atoms in total. The van der Waals surface area contributed by atoms with Crippen LogP contribution in [-0.4, -0.2) is 13.1 Å². The molecule has 2 aromatic rings. The third-order valence-corrected chi connectivity index (χ3v) is 2.59.